The fourth-order valence-corrected chi connectivity index (χ4v) is 4.11. The first-order valence-corrected chi connectivity index (χ1v) is 10.5. The highest BCUT2D eigenvalue weighted by atomic mass is 32.2. The van der Waals surface area contributed by atoms with Crippen molar-refractivity contribution >= 4 is 39.3 Å². The molecule has 2 N–H and O–H groups in total. The van der Waals surface area contributed by atoms with Gasteiger partial charge < -0.3 is 14.1 Å². The number of benzene rings is 2. The molecule has 0 saturated heterocycles. The molecule has 2 unspecified atom stereocenters. The van der Waals surface area contributed by atoms with E-state index in [2.05, 4.69) is 16.6 Å². The zero-order valence-electron chi connectivity index (χ0n) is 17.3. The number of rotatable bonds is 5. The van der Waals surface area contributed by atoms with Crippen LogP contribution in [-0.4, -0.2) is 20.4 Å². The maximum absolute atomic E-state index is 12.8. The molecule has 0 aliphatic carbocycles. The van der Waals surface area contributed by atoms with Crippen molar-refractivity contribution in [3.8, 4) is 11.8 Å². The van der Waals surface area contributed by atoms with Gasteiger partial charge in [0.2, 0.25) is 0 Å². The monoisotopic (exact) mass is 411 g/mol. The van der Waals surface area contributed by atoms with Gasteiger partial charge in [-0.1, -0.05) is 12.0 Å². The molecule has 0 aliphatic heterocycles. The molecule has 3 aromatic rings. The Morgan fingerprint density at radius 1 is 1.14 bits per heavy atom. The van der Waals surface area contributed by atoms with Crippen LogP contribution in [0.3, 0.4) is 0 Å². The van der Waals surface area contributed by atoms with E-state index in [0.717, 1.165) is 27.5 Å². The summed E-state index contributed by atoms with van der Waals surface area (Å²) in [6, 6.07) is 11.3. The second kappa shape index (κ2) is 7.75. The summed E-state index contributed by atoms with van der Waals surface area (Å²) in [6.07, 6.45) is -0.206. The molecule has 2 aromatic carbocycles. The number of carbonyl (C=O) groups is 1. The van der Waals surface area contributed by atoms with E-state index in [9.17, 15) is 14.5 Å². The zero-order chi connectivity index (χ0) is 21.4. The van der Waals surface area contributed by atoms with Crippen molar-refractivity contribution in [3.63, 3.8) is 0 Å². The van der Waals surface area contributed by atoms with E-state index in [-0.39, 0.29) is 6.42 Å². The van der Waals surface area contributed by atoms with Crippen LogP contribution < -0.4 is 4.72 Å². The van der Waals surface area contributed by atoms with Crippen LogP contribution in [0.1, 0.15) is 52.2 Å². The lowest BCUT2D eigenvalue weighted by molar-refractivity contribution is -0.138. The lowest BCUT2D eigenvalue weighted by atomic mass is 9.89. The van der Waals surface area contributed by atoms with Crippen LogP contribution in [0.4, 0.5) is 0 Å². The van der Waals surface area contributed by atoms with Crippen molar-refractivity contribution in [1.82, 2.24) is 4.72 Å². The molecular weight excluding hydrogens is 386 g/mol. The molecule has 0 amide bonds. The predicted molar refractivity (Wildman–Crippen MR) is 117 cm³/mol. The summed E-state index contributed by atoms with van der Waals surface area (Å²) in [7, 11) is 0. The van der Waals surface area contributed by atoms with Gasteiger partial charge in [0.15, 0.2) is 0 Å². The average Bonchev–Trinajstić information content (AvgIpc) is 2.97. The molecule has 0 bridgehead atoms. The van der Waals surface area contributed by atoms with Crippen LogP contribution in [0.2, 0.25) is 0 Å². The van der Waals surface area contributed by atoms with Crippen molar-refractivity contribution in [2.24, 2.45) is 0 Å². The van der Waals surface area contributed by atoms with Crippen LogP contribution in [0.5, 0.6) is 0 Å². The molecule has 0 fully saturated rings. The summed E-state index contributed by atoms with van der Waals surface area (Å²) in [5, 5.41) is 11.3. The number of hydrogen-bond donors (Lipinski definition) is 2. The second-order valence-electron chi connectivity index (χ2n) is 8.28. The normalized spacial score (nSPS) is 15.0. The first-order valence-electron chi connectivity index (χ1n) is 9.34. The zero-order valence-corrected chi connectivity index (χ0v) is 18.1. The van der Waals surface area contributed by atoms with E-state index in [4.69, 9.17) is 4.42 Å². The molecule has 0 saturated carbocycles. The minimum Gasteiger partial charge on any atom is -0.598 e. The molecule has 152 valence electrons. The molecule has 5 nitrogen and oxygen atoms in total. The number of nitrogens with one attached hydrogen (secondary N) is 1. The second-order valence-corrected chi connectivity index (χ2v) is 10.3. The van der Waals surface area contributed by atoms with Gasteiger partial charge in [-0.15, -0.1) is 10.6 Å². The number of furan rings is 1. The van der Waals surface area contributed by atoms with Gasteiger partial charge in [-0.2, -0.15) is 0 Å². The Bertz CT molecular complexity index is 1130. The van der Waals surface area contributed by atoms with Gasteiger partial charge in [-0.25, -0.2) is 0 Å². The van der Waals surface area contributed by atoms with Crippen molar-refractivity contribution in [2.45, 2.75) is 51.3 Å². The fourth-order valence-electron chi connectivity index (χ4n) is 3.20. The third kappa shape index (κ3) is 4.43. The highest BCUT2D eigenvalue weighted by Crippen LogP contribution is 2.35. The third-order valence-corrected chi connectivity index (χ3v) is 6.50. The quantitative estimate of drug-likeness (QED) is 0.469. The fraction of sp³-hybridized carbons (Fsp3) is 0.348. The first-order chi connectivity index (χ1) is 13.5. The lowest BCUT2D eigenvalue weighted by Crippen LogP contribution is -2.50. The largest absolute Gasteiger partial charge is 0.598 e. The summed E-state index contributed by atoms with van der Waals surface area (Å²) in [5.41, 5.74) is 2.06. The topological polar surface area (TPSA) is 85.5 Å². The standard InChI is InChI=1S/C23H25NO4S/c1-6-7-15-8-10-19-17(12-15)18-13-16(9-11-20(18)28-19)23(5,14-21(25)26)24-29(27)22(2,3)4/h8-13,24H,14H2,1-5H3,(H,25,26). The molecule has 1 aromatic heterocycles. The minimum absolute atomic E-state index is 0.206. The minimum atomic E-state index is -1.44. The van der Waals surface area contributed by atoms with Crippen molar-refractivity contribution < 1.29 is 18.9 Å². The predicted octanol–water partition coefficient (Wildman–Crippen LogP) is 4.70. The average molecular weight is 412 g/mol. The molecule has 1 heterocycles. The first kappa shape index (κ1) is 21.3. The van der Waals surface area contributed by atoms with Gasteiger partial charge >= 0.3 is 5.97 Å². The lowest BCUT2D eigenvalue weighted by Gasteiger charge is -2.34. The summed E-state index contributed by atoms with van der Waals surface area (Å²) >= 11 is -1.44. The Morgan fingerprint density at radius 2 is 1.76 bits per heavy atom. The number of carboxylic acid groups (broad SMARTS) is 1. The maximum Gasteiger partial charge on any atom is 0.305 e. The third-order valence-electron chi connectivity index (χ3n) is 4.75. The summed E-state index contributed by atoms with van der Waals surface area (Å²) < 4.78 is 21.2. The van der Waals surface area contributed by atoms with Crippen LogP contribution in [0.25, 0.3) is 21.9 Å². The molecular formula is C23H25NO4S. The van der Waals surface area contributed by atoms with E-state index >= 15 is 0 Å². The molecule has 29 heavy (non-hydrogen) atoms. The molecule has 0 spiro atoms. The summed E-state index contributed by atoms with van der Waals surface area (Å²) in [5.74, 6) is 4.97. The van der Waals surface area contributed by atoms with E-state index in [1.165, 1.54) is 0 Å². The van der Waals surface area contributed by atoms with Gasteiger partial charge in [-0.05, 0) is 70.5 Å². The SMILES string of the molecule is CC#Cc1ccc2oc3ccc(C(C)(CC(=O)O)N[S+]([O-])C(C)(C)C)cc3c2c1. The molecule has 3 rings (SSSR count). The number of aliphatic carboxylic acids is 1. The van der Waals surface area contributed by atoms with E-state index in [1.807, 2.05) is 57.2 Å². The van der Waals surface area contributed by atoms with Crippen LogP contribution in [0.15, 0.2) is 40.8 Å². The van der Waals surface area contributed by atoms with Crippen molar-refractivity contribution in [2.75, 3.05) is 0 Å². The Labute approximate surface area is 173 Å². The van der Waals surface area contributed by atoms with Gasteiger partial charge in [0, 0.05) is 27.7 Å². The van der Waals surface area contributed by atoms with Gasteiger partial charge in [-0.3, -0.25) is 4.79 Å². The highest BCUT2D eigenvalue weighted by molar-refractivity contribution is 7.90. The smallest absolute Gasteiger partial charge is 0.305 e. The number of carboxylic acids is 1. The van der Waals surface area contributed by atoms with Gasteiger partial charge in [0.05, 0.1) is 12.0 Å². The van der Waals surface area contributed by atoms with E-state index in [1.54, 1.807) is 13.8 Å². The van der Waals surface area contributed by atoms with E-state index < -0.39 is 27.6 Å². The van der Waals surface area contributed by atoms with Gasteiger partial charge in [0.1, 0.15) is 15.9 Å². The molecule has 2 atom stereocenters. The van der Waals surface area contributed by atoms with Crippen LogP contribution in [-0.2, 0) is 21.7 Å². The van der Waals surface area contributed by atoms with Crippen molar-refractivity contribution in [3.05, 3.63) is 47.5 Å². The number of hydrogen-bond acceptors (Lipinski definition) is 4. The Hall–Kier alpha value is -2.46. The Balaban J connectivity index is 2.15. The highest BCUT2D eigenvalue weighted by Gasteiger charge is 2.39. The maximum atomic E-state index is 12.8. The van der Waals surface area contributed by atoms with E-state index in [0.29, 0.717) is 5.58 Å². The van der Waals surface area contributed by atoms with Crippen molar-refractivity contribution in [1.29, 1.82) is 0 Å². The van der Waals surface area contributed by atoms with Gasteiger partial charge in [0.25, 0.3) is 0 Å². The molecule has 6 heteroatoms. The van der Waals surface area contributed by atoms with Crippen LogP contribution >= 0.6 is 0 Å². The summed E-state index contributed by atoms with van der Waals surface area (Å²) in [6.45, 7) is 9.09. The number of fused-ring (bicyclic) bond motifs is 3. The summed E-state index contributed by atoms with van der Waals surface area (Å²) in [4.78, 5) is 11.6. The Kier molecular flexibility index (Phi) is 5.68. The molecule has 0 radical (unpaired) electrons. The Morgan fingerprint density at radius 3 is 2.34 bits per heavy atom. The molecule has 0 aliphatic rings. The van der Waals surface area contributed by atoms with Crippen LogP contribution in [0, 0.1) is 11.8 Å².